The van der Waals surface area contributed by atoms with E-state index >= 15 is 0 Å². The Morgan fingerprint density at radius 2 is 0.966 bits per heavy atom. The van der Waals surface area contributed by atoms with Crippen LogP contribution in [0.3, 0.4) is 0 Å². The lowest BCUT2D eigenvalue weighted by molar-refractivity contribution is -0.147. The fourth-order valence-corrected chi connectivity index (χ4v) is 7.31. The molecule has 1 aliphatic carbocycles. The minimum atomic E-state index is -1.21. The van der Waals surface area contributed by atoms with E-state index in [0.29, 0.717) is 0 Å². The Morgan fingerprint density at radius 1 is 0.517 bits per heavy atom. The van der Waals surface area contributed by atoms with Crippen molar-refractivity contribution in [3.05, 3.63) is 167 Å². The maximum Gasteiger partial charge on any atom is 0.408 e. The number of carbonyl (C=O) groups is 5. The van der Waals surface area contributed by atoms with E-state index in [4.69, 9.17) is 18.9 Å². The lowest BCUT2D eigenvalue weighted by atomic mass is 9.98. The van der Waals surface area contributed by atoms with E-state index in [0.717, 1.165) is 50.7 Å². The van der Waals surface area contributed by atoms with Crippen LogP contribution in [0.1, 0.15) is 33.7 Å². The molecule has 0 radical (unpaired) electrons. The molecule has 0 unspecified atom stereocenters. The summed E-state index contributed by atoms with van der Waals surface area (Å²) in [5.41, 5.74) is 6.46. The molecule has 5 aromatic rings. The maximum atomic E-state index is 13.5. The number of carbonyl (C=O) groups excluding carboxylic acids is 5. The first-order valence-electron chi connectivity index (χ1n) is 18.7. The van der Waals surface area contributed by atoms with Crippen LogP contribution in [0, 0.1) is 0 Å². The molecule has 3 N–H and O–H groups in total. The van der Waals surface area contributed by atoms with Gasteiger partial charge in [0, 0.05) is 17.4 Å². The second kappa shape index (κ2) is 21.1. The number of rotatable bonds is 18. The Bertz CT molecular complexity index is 2110. The zero-order chi connectivity index (χ0) is 40.5. The van der Waals surface area contributed by atoms with Gasteiger partial charge in [0.2, 0.25) is 5.91 Å². The summed E-state index contributed by atoms with van der Waals surface area (Å²) in [4.78, 5) is 65.6. The molecule has 0 spiro atoms. The number of amides is 3. The van der Waals surface area contributed by atoms with E-state index < -0.39 is 48.7 Å². The zero-order valence-electron chi connectivity index (χ0n) is 31.5. The van der Waals surface area contributed by atoms with Crippen LogP contribution in [0.2, 0.25) is 0 Å². The van der Waals surface area contributed by atoms with Gasteiger partial charge in [-0.2, -0.15) is 11.8 Å². The number of fused-ring (bicyclic) bond motifs is 3. The first-order chi connectivity index (χ1) is 28.3. The number of benzene rings is 5. The summed E-state index contributed by atoms with van der Waals surface area (Å²) in [6, 6.07) is 40.7. The fourth-order valence-electron chi connectivity index (χ4n) is 6.25. The third-order valence-corrected chi connectivity index (χ3v) is 10.3. The molecule has 13 heteroatoms. The fraction of sp³-hybridized carbons (Fsp3) is 0.222. The molecule has 0 saturated heterocycles. The number of ether oxygens (including phenoxy) is 4. The highest BCUT2D eigenvalue weighted by molar-refractivity contribution is 7.99. The standard InChI is InChI=1S/C45H43N3O9S/c49-41(54-25-31-14-4-1-5-15-31)24-46-42(50)39(47-44(52)57-28-38-36-22-12-10-20-34(36)35-21-11-13-23-37(35)38)29-58-30-40(43(51)55-26-32-16-6-2-7-17-32)48-45(53)56-27-33-18-8-3-9-19-33/h1-23,38-40H,24-30H2,(H,46,50)(H,47,52)(H,48,53)/t39-,40+/m1/s1. The second-order valence-corrected chi connectivity index (χ2v) is 14.4. The summed E-state index contributed by atoms with van der Waals surface area (Å²) >= 11 is 1.09. The van der Waals surface area contributed by atoms with E-state index in [1.165, 1.54) is 0 Å². The zero-order valence-corrected chi connectivity index (χ0v) is 32.4. The third-order valence-electron chi connectivity index (χ3n) is 9.18. The van der Waals surface area contributed by atoms with Crippen molar-refractivity contribution in [2.45, 2.75) is 37.8 Å². The Morgan fingerprint density at radius 3 is 1.53 bits per heavy atom. The molecule has 5 aromatic carbocycles. The summed E-state index contributed by atoms with van der Waals surface area (Å²) in [6.45, 7) is -0.475. The summed E-state index contributed by atoms with van der Waals surface area (Å²) in [7, 11) is 0. The number of thioether (sulfide) groups is 1. The third kappa shape index (κ3) is 12.0. The Balaban J connectivity index is 1.09. The molecule has 6 rings (SSSR count). The van der Waals surface area contributed by atoms with Crippen molar-refractivity contribution in [2.75, 3.05) is 24.7 Å². The van der Waals surface area contributed by atoms with Crippen molar-refractivity contribution < 1.29 is 42.9 Å². The Hall–Kier alpha value is -6.60. The van der Waals surface area contributed by atoms with Crippen molar-refractivity contribution in [2.24, 2.45) is 0 Å². The van der Waals surface area contributed by atoms with Crippen molar-refractivity contribution in [3.8, 4) is 11.1 Å². The number of esters is 2. The predicted molar refractivity (Wildman–Crippen MR) is 218 cm³/mol. The SMILES string of the molecule is O=C(CNC(=O)[C@@H](CSC[C@H](NC(=O)OCc1ccccc1)C(=O)OCc1ccccc1)NC(=O)OCC1c2ccccc2-c2ccccc21)OCc1ccccc1. The first-order valence-corrected chi connectivity index (χ1v) is 19.8. The van der Waals surface area contributed by atoms with Crippen LogP contribution < -0.4 is 16.0 Å². The Kier molecular flexibility index (Phi) is 14.9. The van der Waals surface area contributed by atoms with Gasteiger partial charge in [0.05, 0.1) is 0 Å². The molecule has 0 heterocycles. The van der Waals surface area contributed by atoms with Crippen LogP contribution in [-0.4, -0.2) is 66.8 Å². The van der Waals surface area contributed by atoms with Crippen LogP contribution in [0.4, 0.5) is 9.59 Å². The van der Waals surface area contributed by atoms with Gasteiger partial charge in [-0.15, -0.1) is 0 Å². The summed E-state index contributed by atoms with van der Waals surface area (Å²) in [6.07, 6.45) is -1.69. The molecule has 3 amide bonds. The lowest BCUT2D eigenvalue weighted by Crippen LogP contribution is -2.50. The molecule has 0 fully saturated rings. The van der Waals surface area contributed by atoms with Crippen LogP contribution in [-0.2, 0) is 53.2 Å². The van der Waals surface area contributed by atoms with E-state index in [2.05, 4.69) is 16.0 Å². The highest BCUT2D eigenvalue weighted by Crippen LogP contribution is 2.44. The number of hydrogen-bond donors (Lipinski definition) is 3. The van der Waals surface area contributed by atoms with Gasteiger partial charge < -0.3 is 34.9 Å². The largest absolute Gasteiger partial charge is 0.460 e. The van der Waals surface area contributed by atoms with Gasteiger partial charge in [-0.05, 0) is 38.9 Å². The van der Waals surface area contributed by atoms with Crippen LogP contribution >= 0.6 is 11.8 Å². The lowest BCUT2D eigenvalue weighted by Gasteiger charge is -2.21. The van der Waals surface area contributed by atoms with Gasteiger partial charge in [-0.1, -0.05) is 140 Å². The van der Waals surface area contributed by atoms with Gasteiger partial charge >= 0.3 is 24.1 Å². The molecule has 298 valence electrons. The molecule has 2 atom stereocenters. The second-order valence-electron chi connectivity index (χ2n) is 13.3. The van der Waals surface area contributed by atoms with Crippen molar-refractivity contribution in [3.63, 3.8) is 0 Å². The van der Waals surface area contributed by atoms with Crippen molar-refractivity contribution >= 4 is 41.8 Å². The monoisotopic (exact) mass is 801 g/mol. The summed E-state index contributed by atoms with van der Waals surface area (Å²) in [5, 5.41) is 7.73. The minimum Gasteiger partial charge on any atom is -0.460 e. The number of nitrogens with one attached hydrogen (secondary N) is 3. The quantitative estimate of drug-likeness (QED) is 0.0658. The average Bonchev–Trinajstić information content (AvgIpc) is 3.58. The number of alkyl carbamates (subject to hydrolysis) is 2. The first kappa shape index (κ1) is 41.0. The molecule has 0 saturated carbocycles. The van der Waals surface area contributed by atoms with E-state index in [-0.39, 0.29) is 43.9 Å². The van der Waals surface area contributed by atoms with Crippen LogP contribution in [0.25, 0.3) is 11.1 Å². The summed E-state index contributed by atoms with van der Waals surface area (Å²) < 4.78 is 21.9. The van der Waals surface area contributed by atoms with Gasteiger partial charge in [0.25, 0.3) is 0 Å². The minimum absolute atomic E-state index is 0.0114. The average molecular weight is 802 g/mol. The maximum absolute atomic E-state index is 13.5. The van der Waals surface area contributed by atoms with Crippen molar-refractivity contribution in [1.82, 2.24) is 16.0 Å². The smallest absolute Gasteiger partial charge is 0.408 e. The number of hydrogen-bond acceptors (Lipinski definition) is 10. The van der Waals surface area contributed by atoms with Crippen LogP contribution in [0.5, 0.6) is 0 Å². The summed E-state index contributed by atoms with van der Waals surface area (Å²) in [5.74, 6) is -2.42. The van der Waals surface area contributed by atoms with Gasteiger partial charge in [-0.25, -0.2) is 14.4 Å². The molecule has 0 aliphatic heterocycles. The van der Waals surface area contributed by atoms with Gasteiger partial charge in [-0.3, -0.25) is 9.59 Å². The van der Waals surface area contributed by atoms with Gasteiger partial charge in [0.1, 0.15) is 45.1 Å². The van der Waals surface area contributed by atoms with Gasteiger partial charge in [0.15, 0.2) is 0 Å². The van der Waals surface area contributed by atoms with E-state index in [9.17, 15) is 24.0 Å². The molecule has 0 bridgehead atoms. The van der Waals surface area contributed by atoms with E-state index in [1.807, 2.05) is 103 Å². The van der Waals surface area contributed by atoms with Crippen LogP contribution in [0.15, 0.2) is 140 Å². The molecule has 58 heavy (non-hydrogen) atoms. The highest BCUT2D eigenvalue weighted by atomic mass is 32.2. The molecular weight excluding hydrogens is 759 g/mol. The Labute approximate surface area is 340 Å². The molecular formula is C45H43N3O9S. The highest BCUT2D eigenvalue weighted by Gasteiger charge is 2.31. The topological polar surface area (TPSA) is 158 Å². The van der Waals surface area contributed by atoms with E-state index in [1.54, 1.807) is 36.4 Å². The van der Waals surface area contributed by atoms with Crippen molar-refractivity contribution in [1.29, 1.82) is 0 Å². The molecule has 1 aliphatic rings. The normalized spacial score (nSPS) is 12.5. The predicted octanol–water partition coefficient (Wildman–Crippen LogP) is 6.52. The molecule has 0 aromatic heterocycles. The molecule has 12 nitrogen and oxygen atoms in total.